The van der Waals surface area contributed by atoms with Crippen LogP contribution in [0.15, 0.2) is 38.9 Å². The molecule has 3 rings (SSSR count). The van der Waals surface area contributed by atoms with E-state index in [-0.39, 0.29) is 5.76 Å². The van der Waals surface area contributed by atoms with Crippen LogP contribution in [0.4, 0.5) is 5.13 Å². The number of hydrogen-bond donors (Lipinski definition) is 1. The van der Waals surface area contributed by atoms with Crippen LogP contribution < -0.4 is 11.1 Å². The highest BCUT2D eigenvalue weighted by Gasteiger charge is 2.10. The van der Waals surface area contributed by atoms with E-state index in [1.54, 1.807) is 22.0 Å². The van der Waals surface area contributed by atoms with Crippen molar-refractivity contribution < 1.29 is 4.42 Å². The summed E-state index contributed by atoms with van der Waals surface area (Å²) in [6.07, 6.45) is 1.08. The van der Waals surface area contributed by atoms with Crippen molar-refractivity contribution in [2.75, 3.05) is 11.9 Å². The van der Waals surface area contributed by atoms with E-state index in [1.807, 2.05) is 18.2 Å². The Hall–Kier alpha value is -2.08. The van der Waals surface area contributed by atoms with Crippen LogP contribution in [0.25, 0.3) is 11.1 Å². The molecule has 0 saturated heterocycles. The van der Waals surface area contributed by atoms with Gasteiger partial charge in [0.05, 0.1) is 11.2 Å². The molecule has 0 saturated carbocycles. The van der Waals surface area contributed by atoms with Gasteiger partial charge in [0.2, 0.25) is 0 Å². The maximum Gasteiger partial charge on any atom is 0.420 e. The second kappa shape index (κ2) is 6.36. The summed E-state index contributed by atoms with van der Waals surface area (Å²) in [5.41, 5.74) is 2.58. The summed E-state index contributed by atoms with van der Waals surface area (Å²) in [6.45, 7) is 5.52. The Morgan fingerprint density at radius 3 is 3.05 bits per heavy atom. The highest BCUT2D eigenvalue weighted by Crippen LogP contribution is 2.23. The van der Waals surface area contributed by atoms with Gasteiger partial charge < -0.3 is 9.73 Å². The number of hydrogen-bond acceptors (Lipinski definition) is 5. The van der Waals surface area contributed by atoms with Gasteiger partial charge in [-0.15, -0.1) is 11.3 Å². The number of thiazole rings is 1. The zero-order chi connectivity index (χ0) is 15.5. The molecule has 116 valence electrons. The second-order valence-electron chi connectivity index (χ2n) is 5.30. The molecule has 0 radical (unpaired) electrons. The molecule has 0 amide bonds. The zero-order valence-corrected chi connectivity index (χ0v) is 13.5. The molecular weight excluding hydrogens is 298 g/mol. The molecule has 0 aliphatic rings. The van der Waals surface area contributed by atoms with Crippen molar-refractivity contribution in [3.05, 3.63) is 45.9 Å². The first-order valence-corrected chi connectivity index (χ1v) is 8.34. The molecule has 2 aromatic heterocycles. The van der Waals surface area contributed by atoms with Gasteiger partial charge in [-0.2, -0.15) is 0 Å². The highest BCUT2D eigenvalue weighted by atomic mass is 32.1. The predicted octanol–water partition coefficient (Wildman–Crippen LogP) is 3.68. The Balaban J connectivity index is 1.66. The minimum Gasteiger partial charge on any atom is -0.408 e. The topological polar surface area (TPSA) is 60.1 Å². The van der Waals surface area contributed by atoms with Crippen molar-refractivity contribution in [2.45, 2.75) is 32.7 Å². The smallest absolute Gasteiger partial charge is 0.408 e. The number of benzene rings is 1. The molecule has 0 fully saturated rings. The molecule has 0 aliphatic heterocycles. The molecule has 1 aromatic carbocycles. The molecule has 0 bridgehead atoms. The van der Waals surface area contributed by atoms with Crippen LogP contribution in [0, 0.1) is 0 Å². The predicted molar refractivity (Wildman–Crippen MR) is 89.8 cm³/mol. The van der Waals surface area contributed by atoms with Gasteiger partial charge in [0, 0.05) is 18.5 Å². The van der Waals surface area contributed by atoms with Crippen molar-refractivity contribution >= 4 is 27.6 Å². The Morgan fingerprint density at radius 2 is 2.23 bits per heavy atom. The van der Waals surface area contributed by atoms with Crippen molar-refractivity contribution in [1.82, 2.24) is 9.55 Å². The molecule has 1 N–H and O–H groups in total. The molecule has 1 atom stereocenters. The van der Waals surface area contributed by atoms with Crippen LogP contribution in [0.3, 0.4) is 0 Å². The largest absolute Gasteiger partial charge is 0.420 e. The number of anilines is 1. The van der Waals surface area contributed by atoms with Crippen molar-refractivity contribution in [3.63, 3.8) is 0 Å². The first-order chi connectivity index (χ1) is 10.7. The monoisotopic (exact) mass is 317 g/mol. The van der Waals surface area contributed by atoms with E-state index in [1.165, 1.54) is 0 Å². The third-order valence-corrected chi connectivity index (χ3v) is 4.64. The van der Waals surface area contributed by atoms with E-state index in [0.29, 0.717) is 24.6 Å². The van der Waals surface area contributed by atoms with Crippen LogP contribution in [0.1, 0.15) is 31.9 Å². The first-order valence-electron chi connectivity index (χ1n) is 7.46. The summed E-state index contributed by atoms with van der Waals surface area (Å²) < 4.78 is 6.86. The summed E-state index contributed by atoms with van der Waals surface area (Å²) in [7, 11) is 0. The lowest BCUT2D eigenvalue weighted by Crippen LogP contribution is -2.19. The minimum atomic E-state index is -0.317. The molecule has 5 nitrogen and oxygen atoms in total. The molecule has 6 heteroatoms. The van der Waals surface area contributed by atoms with Gasteiger partial charge in [0.1, 0.15) is 0 Å². The van der Waals surface area contributed by atoms with Crippen LogP contribution >= 0.6 is 11.3 Å². The van der Waals surface area contributed by atoms with Crippen molar-refractivity contribution in [3.8, 4) is 0 Å². The molecule has 0 aliphatic carbocycles. The average Bonchev–Trinajstić information content (AvgIpc) is 3.12. The fraction of sp³-hybridized carbons (Fsp3) is 0.375. The molecular formula is C16H19N3O2S. The quantitative estimate of drug-likeness (QED) is 0.753. The summed E-state index contributed by atoms with van der Waals surface area (Å²) >= 11 is 1.61. The summed E-state index contributed by atoms with van der Waals surface area (Å²) in [6, 6.07) is 7.46. The summed E-state index contributed by atoms with van der Waals surface area (Å²) in [5, 5.41) is 6.27. The Labute approximate surface area is 132 Å². The van der Waals surface area contributed by atoms with E-state index < -0.39 is 0 Å². The Morgan fingerprint density at radius 1 is 1.41 bits per heavy atom. The normalized spacial score (nSPS) is 12.6. The number of nitrogens with zero attached hydrogens (tertiary/aromatic N) is 2. The standard InChI is InChI=1S/C16H19N3O2S/c1-3-11(2)12-10-22-15(18-12)17-8-9-19-13-6-4-5-7-14(13)21-16(19)20/h4-7,10-11H,3,8-9H2,1-2H3,(H,17,18). The number of rotatable bonds is 6. The van der Waals surface area contributed by atoms with Crippen LogP contribution in [-0.4, -0.2) is 16.1 Å². The number of fused-ring (bicyclic) bond motifs is 1. The third kappa shape index (κ3) is 2.92. The van der Waals surface area contributed by atoms with Gasteiger partial charge in [-0.1, -0.05) is 26.0 Å². The van der Waals surface area contributed by atoms with Gasteiger partial charge in [-0.3, -0.25) is 4.57 Å². The average molecular weight is 317 g/mol. The van der Waals surface area contributed by atoms with E-state index >= 15 is 0 Å². The molecule has 2 heterocycles. The van der Waals surface area contributed by atoms with Gasteiger partial charge in [0.15, 0.2) is 10.7 Å². The summed E-state index contributed by atoms with van der Waals surface area (Å²) in [5.74, 6) is 0.162. The van der Waals surface area contributed by atoms with E-state index in [2.05, 4.69) is 29.5 Å². The van der Waals surface area contributed by atoms with Crippen LogP contribution in [-0.2, 0) is 6.54 Å². The number of aromatic nitrogens is 2. The van der Waals surface area contributed by atoms with Gasteiger partial charge in [-0.05, 0) is 24.5 Å². The fourth-order valence-electron chi connectivity index (χ4n) is 2.30. The Kier molecular flexibility index (Phi) is 4.29. The zero-order valence-electron chi connectivity index (χ0n) is 12.7. The Bertz CT molecular complexity index is 818. The number of oxazole rings is 1. The SMILES string of the molecule is CCC(C)c1csc(NCCn2c(=O)oc3ccccc32)n1. The maximum absolute atomic E-state index is 11.9. The van der Waals surface area contributed by atoms with Crippen molar-refractivity contribution in [1.29, 1.82) is 0 Å². The molecule has 0 spiro atoms. The maximum atomic E-state index is 11.9. The lowest BCUT2D eigenvalue weighted by Gasteiger charge is -2.05. The van der Waals surface area contributed by atoms with Crippen molar-refractivity contribution in [2.24, 2.45) is 0 Å². The van der Waals surface area contributed by atoms with Crippen LogP contribution in [0.2, 0.25) is 0 Å². The highest BCUT2D eigenvalue weighted by molar-refractivity contribution is 7.13. The molecule has 22 heavy (non-hydrogen) atoms. The van der Waals surface area contributed by atoms with E-state index in [0.717, 1.165) is 22.8 Å². The van der Waals surface area contributed by atoms with Gasteiger partial charge in [0.25, 0.3) is 0 Å². The van der Waals surface area contributed by atoms with Gasteiger partial charge in [-0.25, -0.2) is 9.78 Å². The lowest BCUT2D eigenvalue weighted by molar-refractivity contribution is 0.510. The summed E-state index contributed by atoms with van der Waals surface area (Å²) in [4.78, 5) is 16.4. The lowest BCUT2D eigenvalue weighted by atomic mass is 10.1. The number of para-hydroxylation sites is 2. The number of nitrogens with one attached hydrogen (secondary N) is 1. The fourth-order valence-corrected chi connectivity index (χ4v) is 3.16. The van der Waals surface area contributed by atoms with E-state index in [4.69, 9.17) is 4.42 Å². The third-order valence-electron chi connectivity index (χ3n) is 3.82. The van der Waals surface area contributed by atoms with Crippen LogP contribution in [0.5, 0.6) is 0 Å². The van der Waals surface area contributed by atoms with Gasteiger partial charge >= 0.3 is 5.76 Å². The first kappa shape index (κ1) is 14.8. The minimum absolute atomic E-state index is 0.317. The molecule has 1 unspecified atom stereocenters. The van der Waals surface area contributed by atoms with E-state index in [9.17, 15) is 4.79 Å². The molecule has 3 aromatic rings. The second-order valence-corrected chi connectivity index (χ2v) is 6.16.